The third-order valence-electron chi connectivity index (χ3n) is 5.63. The van der Waals surface area contributed by atoms with Crippen molar-refractivity contribution >= 4 is 11.7 Å². The lowest BCUT2D eigenvalue weighted by Crippen LogP contribution is -2.65. The van der Waals surface area contributed by atoms with Gasteiger partial charge in [-0.1, -0.05) is 19.9 Å². The van der Waals surface area contributed by atoms with Gasteiger partial charge in [0, 0.05) is 5.71 Å². The van der Waals surface area contributed by atoms with Crippen LogP contribution in [-0.2, 0) is 9.53 Å². The molecule has 3 saturated carbocycles. The van der Waals surface area contributed by atoms with E-state index < -0.39 is 23.7 Å². The molecule has 0 amide bonds. The molecule has 0 saturated heterocycles. The second-order valence-electron chi connectivity index (χ2n) is 7.89. The third kappa shape index (κ3) is 3.09. The van der Waals surface area contributed by atoms with E-state index in [9.17, 15) is 15.0 Å². The molecule has 0 aromatic rings. The fraction of sp³-hybridized carbons (Fsp3) is 0.778. The van der Waals surface area contributed by atoms with Gasteiger partial charge in [-0.3, -0.25) is 4.99 Å². The first-order valence-corrected chi connectivity index (χ1v) is 8.32. The van der Waals surface area contributed by atoms with E-state index in [-0.39, 0.29) is 17.4 Å². The quantitative estimate of drug-likeness (QED) is 0.600. The first-order chi connectivity index (χ1) is 10.5. The fourth-order valence-electron chi connectivity index (χ4n) is 4.01. The average molecular weight is 323 g/mol. The molecule has 0 radical (unpaired) electrons. The van der Waals surface area contributed by atoms with E-state index in [1.807, 2.05) is 0 Å². The number of esters is 1. The van der Waals surface area contributed by atoms with Crippen molar-refractivity contribution in [2.75, 3.05) is 0 Å². The Bertz CT molecular complexity index is 521. The summed E-state index contributed by atoms with van der Waals surface area (Å²) in [6.45, 7) is 13.1. The van der Waals surface area contributed by atoms with E-state index >= 15 is 0 Å². The molecule has 3 aliphatic carbocycles. The van der Waals surface area contributed by atoms with Crippen molar-refractivity contribution in [1.29, 1.82) is 0 Å². The van der Waals surface area contributed by atoms with Gasteiger partial charge in [-0.15, -0.1) is 6.58 Å². The van der Waals surface area contributed by atoms with Crippen molar-refractivity contribution in [1.82, 2.24) is 0 Å². The van der Waals surface area contributed by atoms with Crippen LogP contribution in [-0.4, -0.2) is 45.7 Å². The Morgan fingerprint density at radius 1 is 1.43 bits per heavy atom. The van der Waals surface area contributed by atoms with E-state index in [1.165, 1.54) is 6.08 Å². The second-order valence-corrected chi connectivity index (χ2v) is 7.89. The van der Waals surface area contributed by atoms with E-state index in [0.717, 1.165) is 6.42 Å². The van der Waals surface area contributed by atoms with Crippen LogP contribution in [0.25, 0.3) is 0 Å². The van der Waals surface area contributed by atoms with Crippen molar-refractivity contribution in [2.24, 2.45) is 22.2 Å². The fourth-order valence-corrected chi connectivity index (χ4v) is 4.01. The Labute approximate surface area is 138 Å². The van der Waals surface area contributed by atoms with Crippen LogP contribution in [0.1, 0.15) is 47.5 Å². The summed E-state index contributed by atoms with van der Waals surface area (Å²) < 4.78 is 5.19. The Hall–Kier alpha value is -1.20. The normalized spacial score (nSPS) is 36.3. The van der Waals surface area contributed by atoms with Crippen LogP contribution < -0.4 is 0 Å². The van der Waals surface area contributed by atoms with Gasteiger partial charge in [0.05, 0.1) is 6.10 Å². The highest BCUT2D eigenvalue weighted by molar-refractivity contribution is 5.96. The van der Waals surface area contributed by atoms with Crippen molar-refractivity contribution in [3.63, 3.8) is 0 Å². The summed E-state index contributed by atoms with van der Waals surface area (Å²) in [5.74, 6) is -0.0153. The van der Waals surface area contributed by atoms with Gasteiger partial charge in [-0.2, -0.15) is 0 Å². The van der Waals surface area contributed by atoms with Crippen molar-refractivity contribution in [3.05, 3.63) is 12.7 Å². The largest absolute Gasteiger partial charge is 0.461 e. The van der Waals surface area contributed by atoms with Crippen LogP contribution in [0.3, 0.4) is 0 Å². The molecule has 2 bridgehead atoms. The average Bonchev–Trinajstić information content (AvgIpc) is 2.42. The maximum Gasteiger partial charge on any atom is 0.334 e. The minimum Gasteiger partial charge on any atom is -0.461 e. The number of fused-ring (bicyclic) bond motifs is 2. The summed E-state index contributed by atoms with van der Waals surface area (Å²) >= 11 is 0. The number of rotatable bonds is 5. The van der Waals surface area contributed by atoms with Crippen molar-refractivity contribution in [2.45, 2.75) is 71.3 Å². The Morgan fingerprint density at radius 2 is 2.04 bits per heavy atom. The number of ether oxygens (including phenoxy) is 1. The molecule has 0 aromatic heterocycles. The van der Waals surface area contributed by atoms with Crippen LogP contribution >= 0.6 is 0 Å². The molecule has 3 rings (SSSR count). The molecule has 0 spiro atoms. The zero-order valence-electron chi connectivity index (χ0n) is 14.7. The summed E-state index contributed by atoms with van der Waals surface area (Å²) in [6.07, 6.45) is 1.48. The number of nitrogens with zero attached hydrogens (tertiary/aromatic N) is 1. The molecule has 0 heterocycles. The maximum atomic E-state index is 12.2. The molecule has 0 aromatic carbocycles. The van der Waals surface area contributed by atoms with Gasteiger partial charge < -0.3 is 14.9 Å². The SMILES string of the molecule is C=C[C@@H](O)[C@@H](N=C1CC2CC(C2(C)C)[C@@]1(C)O)C(=O)OC(C)C. The Kier molecular flexibility index (Phi) is 4.75. The van der Waals surface area contributed by atoms with Crippen LogP contribution in [0.15, 0.2) is 17.6 Å². The number of hydrogen-bond acceptors (Lipinski definition) is 5. The number of aliphatic hydroxyl groups is 2. The van der Waals surface area contributed by atoms with Gasteiger partial charge in [0.2, 0.25) is 0 Å². The van der Waals surface area contributed by atoms with Gasteiger partial charge >= 0.3 is 5.97 Å². The predicted molar refractivity (Wildman–Crippen MR) is 89.3 cm³/mol. The van der Waals surface area contributed by atoms with Gasteiger partial charge in [0.15, 0.2) is 6.04 Å². The Balaban J connectivity index is 2.29. The molecule has 2 N–H and O–H groups in total. The summed E-state index contributed by atoms with van der Waals surface area (Å²) in [5.41, 5.74) is -0.395. The van der Waals surface area contributed by atoms with Crippen LogP contribution in [0.4, 0.5) is 0 Å². The van der Waals surface area contributed by atoms with Gasteiger partial charge in [-0.05, 0) is 50.9 Å². The lowest BCUT2D eigenvalue weighted by molar-refractivity contribution is -0.151. The number of aliphatic imine (C=N–C) groups is 1. The monoisotopic (exact) mass is 323 g/mol. The molecular weight excluding hydrogens is 294 g/mol. The lowest BCUT2D eigenvalue weighted by atomic mass is 9.44. The molecule has 3 fully saturated rings. The van der Waals surface area contributed by atoms with Gasteiger partial charge in [-0.25, -0.2) is 4.79 Å². The van der Waals surface area contributed by atoms with E-state index in [2.05, 4.69) is 25.4 Å². The first kappa shape index (κ1) is 18.1. The maximum absolute atomic E-state index is 12.2. The van der Waals surface area contributed by atoms with Gasteiger partial charge in [0.1, 0.15) is 11.7 Å². The van der Waals surface area contributed by atoms with Crippen LogP contribution in [0, 0.1) is 17.3 Å². The lowest BCUT2D eigenvalue weighted by Gasteiger charge is -2.62. The van der Waals surface area contributed by atoms with E-state index in [4.69, 9.17) is 4.74 Å². The number of carbonyl (C=O) groups is 1. The predicted octanol–water partition coefficient (Wildman–Crippen LogP) is 2.11. The molecule has 2 unspecified atom stereocenters. The smallest absolute Gasteiger partial charge is 0.334 e. The standard InChI is InChI=1S/C18H29NO4/c1-7-12(20)15(16(21)23-10(2)3)19-14-9-11-8-13(17(11,4)5)18(14,6)22/h7,10-13,15,20,22H,1,8-9H2,2-6H3/t11?,12-,13?,15-,18-/m1/s1. The number of aliphatic hydroxyl groups excluding tert-OH is 1. The molecule has 0 aliphatic heterocycles. The summed E-state index contributed by atoms with van der Waals surface area (Å²) in [4.78, 5) is 16.7. The highest BCUT2D eigenvalue weighted by Gasteiger charge is 2.61. The molecule has 23 heavy (non-hydrogen) atoms. The minimum atomic E-state index is -1.13. The molecule has 3 aliphatic rings. The zero-order chi connectivity index (χ0) is 17.6. The van der Waals surface area contributed by atoms with Crippen molar-refractivity contribution < 1.29 is 19.7 Å². The third-order valence-corrected chi connectivity index (χ3v) is 5.63. The Morgan fingerprint density at radius 3 is 2.48 bits per heavy atom. The molecule has 5 heteroatoms. The molecular formula is C18H29NO4. The van der Waals surface area contributed by atoms with Crippen LogP contribution in [0.2, 0.25) is 0 Å². The zero-order valence-corrected chi connectivity index (χ0v) is 14.7. The topological polar surface area (TPSA) is 79.1 Å². The first-order valence-electron chi connectivity index (χ1n) is 8.32. The second kappa shape index (κ2) is 6.02. The van der Waals surface area contributed by atoms with Crippen LogP contribution in [0.5, 0.6) is 0 Å². The van der Waals surface area contributed by atoms with Gasteiger partial charge in [0.25, 0.3) is 0 Å². The minimum absolute atomic E-state index is 0.0769. The number of carbonyl (C=O) groups excluding carboxylic acids is 1. The number of hydrogen-bond donors (Lipinski definition) is 2. The molecule has 130 valence electrons. The highest BCUT2D eigenvalue weighted by Crippen LogP contribution is 2.61. The molecule has 5 nitrogen and oxygen atoms in total. The summed E-state index contributed by atoms with van der Waals surface area (Å²) in [7, 11) is 0. The molecule has 5 atom stereocenters. The summed E-state index contributed by atoms with van der Waals surface area (Å²) in [6, 6.07) is -1.07. The van der Waals surface area contributed by atoms with Crippen molar-refractivity contribution in [3.8, 4) is 0 Å². The van der Waals surface area contributed by atoms with E-state index in [0.29, 0.717) is 18.1 Å². The summed E-state index contributed by atoms with van der Waals surface area (Å²) in [5, 5.41) is 21.0. The van der Waals surface area contributed by atoms with E-state index in [1.54, 1.807) is 20.8 Å². The highest BCUT2D eigenvalue weighted by atomic mass is 16.5.